The van der Waals surface area contributed by atoms with Crippen molar-refractivity contribution in [2.45, 2.75) is 26.7 Å². The standard InChI is InChI=1S/C13H25N3O2/c1-4-11(5-2)13(18)15(3)10-12(17)16-8-6-14-7-9-16/h11,14H,4-10H2,1-3H3. The fourth-order valence-electron chi connectivity index (χ4n) is 2.24. The molecule has 0 saturated carbocycles. The van der Waals surface area contributed by atoms with Gasteiger partial charge in [-0.3, -0.25) is 9.59 Å². The van der Waals surface area contributed by atoms with Crippen molar-refractivity contribution in [3.8, 4) is 0 Å². The molecule has 5 nitrogen and oxygen atoms in total. The van der Waals surface area contributed by atoms with Crippen LogP contribution in [0.2, 0.25) is 0 Å². The smallest absolute Gasteiger partial charge is 0.242 e. The summed E-state index contributed by atoms with van der Waals surface area (Å²) in [5.41, 5.74) is 0. The van der Waals surface area contributed by atoms with Gasteiger partial charge in [-0.05, 0) is 12.8 Å². The molecule has 2 amide bonds. The molecule has 0 aliphatic carbocycles. The molecule has 5 heteroatoms. The summed E-state index contributed by atoms with van der Waals surface area (Å²) >= 11 is 0. The van der Waals surface area contributed by atoms with Gasteiger partial charge in [0.15, 0.2) is 0 Å². The fourth-order valence-corrected chi connectivity index (χ4v) is 2.24. The molecule has 0 aromatic carbocycles. The zero-order chi connectivity index (χ0) is 13.5. The second-order valence-electron chi connectivity index (χ2n) is 4.84. The maximum Gasteiger partial charge on any atom is 0.242 e. The Morgan fingerprint density at radius 2 is 1.78 bits per heavy atom. The van der Waals surface area contributed by atoms with Gasteiger partial charge in [0.05, 0.1) is 6.54 Å². The molecule has 0 aromatic rings. The average Bonchev–Trinajstić information content (AvgIpc) is 2.40. The SMILES string of the molecule is CCC(CC)C(=O)N(C)CC(=O)N1CCNCC1. The van der Waals surface area contributed by atoms with E-state index in [1.54, 1.807) is 11.9 Å². The summed E-state index contributed by atoms with van der Waals surface area (Å²) in [6.45, 7) is 7.40. The van der Waals surface area contributed by atoms with Gasteiger partial charge in [0.2, 0.25) is 11.8 Å². The Labute approximate surface area is 110 Å². The minimum atomic E-state index is 0.0471. The van der Waals surface area contributed by atoms with Gasteiger partial charge in [-0.2, -0.15) is 0 Å². The fraction of sp³-hybridized carbons (Fsp3) is 0.846. The molecular weight excluding hydrogens is 230 g/mol. The minimum absolute atomic E-state index is 0.0471. The molecule has 0 unspecified atom stereocenters. The first-order valence-corrected chi connectivity index (χ1v) is 6.83. The second-order valence-corrected chi connectivity index (χ2v) is 4.84. The molecule has 1 fully saturated rings. The Balaban J connectivity index is 2.45. The first-order valence-electron chi connectivity index (χ1n) is 6.83. The van der Waals surface area contributed by atoms with Crippen molar-refractivity contribution >= 4 is 11.8 Å². The highest BCUT2D eigenvalue weighted by Gasteiger charge is 2.23. The monoisotopic (exact) mass is 255 g/mol. The van der Waals surface area contributed by atoms with Crippen molar-refractivity contribution in [2.75, 3.05) is 39.8 Å². The van der Waals surface area contributed by atoms with Gasteiger partial charge in [0, 0.05) is 39.1 Å². The summed E-state index contributed by atoms with van der Waals surface area (Å²) in [6.07, 6.45) is 1.67. The van der Waals surface area contributed by atoms with Crippen LogP contribution in [-0.4, -0.2) is 61.4 Å². The van der Waals surface area contributed by atoms with Crippen molar-refractivity contribution in [3.05, 3.63) is 0 Å². The molecule has 0 radical (unpaired) electrons. The highest BCUT2D eigenvalue weighted by Crippen LogP contribution is 2.11. The van der Waals surface area contributed by atoms with Gasteiger partial charge in [-0.25, -0.2) is 0 Å². The molecule has 1 rings (SSSR count). The normalized spacial score (nSPS) is 15.9. The molecule has 18 heavy (non-hydrogen) atoms. The highest BCUT2D eigenvalue weighted by molar-refractivity contribution is 5.85. The molecule has 1 aliphatic rings. The molecule has 0 bridgehead atoms. The minimum Gasteiger partial charge on any atom is -0.339 e. The van der Waals surface area contributed by atoms with Crippen LogP contribution in [0.15, 0.2) is 0 Å². The van der Waals surface area contributed by atoms with Gasteiger partial charge in [-0.15, -0.1) is 0 Å². The number of nitrogens with one attached hydrogen (secondary N) is 1. The lowest BCUT2D eigenvalue weighted by Gasteiger charge is -2.30. The lowest BCUT2D eigenvalue weighted by Crippen LogP contribution is -2.50. The van der Waals surface area contributed by atoms with E-state index < -0.39 is 0 Å². The lowest BCUT2D eigenvalue weighted by molar-refractivity contribution is -0.142. The van der Waals surface area contributed by atoms with E-state index in [4.69, 9.17) is 0 Å². The number of carbonyl (C=O) groups is 2. The molecule has 0 aromatic heterocycles. The van der Waals surface area contributed by atoms with E-state index in [0.717, 1.165) is 39.0 Å². The number of amides is 2. The zero-order valence-electron chi connectivity index (χ0n) is 11.7. The summed E-state index contributed by atoms with van der Waals surface area (Å²) < 4.78 is 0. The van der Waals surface area contributed by atoms with Crippen LogP contribution in [0.5, 0.6) is 0 Å². The number of piperazine rings is 1. The first kappa shape index (κ1) is 15.0. The Morgan fingerprint density at radius 3 is 2.28 bits per heavy atom. The highest BCUT2D eigenvalue weighted by atomic mass is 16.2. The van der Waals surface area contributed by atoms with E-state index >= 15 is 0 Å². The van der Waals surface area contributed by atoms with Crippen molar-refractivity contribution < 1.29 is 9.59 Å². The molecule has 1 N–H and O–H groups in total. The quantitative estimate of drug-likeness (QED) is 0.769. The summed E-state index contributed by atoms with van der Waals surface area (Å²) in [5, 5.41) is 3.21. The maximum atomic E-state index is 12.1. The maximum absolute atomic E-state index is 12.1. The van der Waals surface area contributed by atoms with E-state index in [1.807, 2.05) is 18.7 Å². The van der Waals surface area contributed by atoms with E-state index in [-0.39, 0.29) is 24.3 Å². The van der Waals surface area contributed by atoms with Gasteiger partial charge in [-0.1, -0.05) is 13.8 Å². The molecule has 1 saturated heterocycles. The van der Waals surface area contributed by atoms with Crippen LogP contribution in [0.3, 0.4) is 0 Å². The van der Waals surface area contributed by atoms with Crippen LogP contribution in [-0.2, 0) is 9.59 Å². The number of carbonyl (C=O) groups excluding carboxylic acids is 2. The number of hydrogen-bond donors (Lipinski definition) is 1. The molecule has 1 aliphatic heterocycles. The van der Waals surface area contributed by atoms with Gasteiger partial charge < -0.3 is 15.1 Å². The van der Waals surface area contributed by atoms with Gasteiger partial charge in [0.1, 0.15) is 0 Å². The van der Waals surface area contributed by atoms with Crippen molar-refractivity contribution in [2.24, 2.45) is 5.92 Å². The van der Waals surface area contributed by atoms with Crippen LogP contribution in [0.4, 0.5) is 0 Å². The predicted octanol–water partition coefficient (Wildman–Crippen LogP) is 0.313. The molecule has 0 atom stereocenters. The van der Waals surface area contributed by atoms with Crippen molar-refractivity contribution in [1.82, 2.24) is 15.1 Å². The van der Waals surface area contributed by atoms with Crippen LogP contribution in [0, 0.1) is 5.92 Å². The summed E-state index contributed by atoms with van der Waals surface area (Å²) in [5.74, 6) is 0.188. The van der Waals surface area contributed by atoms with E-state index in [2.05, 4.69) is 5.32 Å². The number of nitrogens with zero attached hydrogens (tertiary/aromatic N) is 2. The van der Waals surface area contributed by atoms with E-state index in [9.17, 15) is 9.59 Å². The average molecular weight is 255 g/mol. The topological polar surface area (TPSA) is 52.7 Å². The third kappa shape index (κ3) is 3.98. The van der Waals surface area contributed by atoms with E-state index in [0.29, 0.717) is 0 Å². The molecule has 1 heterocycles. The first-order chi connectivity index (χ1) is 8.60. The summed E-state index contributed by atoms with van der Waals surface area (Å²) in [4.78, 5) is 27.5. The van der Waals surface area contributed by atoms with Crippen molar-refractivity contribution in [1.29, 1.82) is 0 Å². The summed E-state index contributed by atoms with van der Waals surface area (Å²) in [6, 6.07) is 0. The lowest BCUT2D eigenvalue weighted by atomic mass is 10.0. The summed E-state index contributed by atoms with van der Waals surface area (Å²) in [7, 11) is 1.72. The Morgan fingerprint density at radius 1 is 1.22 bits per heavy atom. The Hall–Kier alpha value is -1.10. The largest absolute Gasteiger partial charge is 0.339 e. The third-order valence-corrected chi connectivity index (χ3v) is 3.55. The number of likely N-dealkylation sites (N-methyl/N-ethyl adjacent to an activating group) is 1. The van der Waals surface area contributed by atoms with Crippen LogP contribution < -0.4 is 5.32 Å². The van der Waals surface area contributed by atoms with Crippen LogP contribution in [0.25, 0.3) is 0 Å². The van der Waals surface area contributed by atoms with Crippen LogP contribution in [0.1, 0.15) is 26.7 Å². The molecular formula is C13H25N3O2. The van der Waals surface area contributed by atoms with E-state index in [1.165, 1.54) is 0 Å². The Bertz CT molecular complexity index is 284. The van der Waals surface area contributed by atoms with Gasteiger partial charge in [0.25, 0.3) is 0 Å². The second kappa shape index (κ2) is 7.36. The number of hydrogen-bond acceptors (Lipinski definition) is 3. The van der Waals surface area contributed by atoms with Crippen molar-refractivity contribution in [3.63, 3.8) is 0 Å². The predicted molar refractivity (Wildman–Crippen MR) is 71.2 cm³/mol. The zero-order valence-corrected chi connectivity index (χ0v) is 11.7. The number of rotatable bonds is 5. The molecule has 0 spiro atoms. The van der Waals surface area contributed by atoms with Crippen LogP contribution >= 0.6 is 0 Å². The van der Waals surface area contributed by atoms with Gasteiger partial charge >= 0.3 is 0 Å². The third-order valence-electron chi connectivity index (χ3n) is 3.55. The molecule has 104 valence electrons. The Kier molecular flexibility index (Phi) is 6.12.